The molecule has 0 aliphatic heterocycles. The fourth-order valence-electron chi connectivity index (χ4n) is 6.38. The molecule has 1 aromatic carbocycles. The van der Waals surface area contributed by atoms with Crippen LogP contribution in [0, 0.1) is 23.2 Å². The molecule has 1 N–H and O–H groups in total. The first-order valence-electron chi connectivity index (χ1n) is 10.3. The molecule has 4 bridgehead atoms. The van der Waals surface area contributed by atoms with E-state index in [0.717, 1.165) is 40.3 Å². The summed E-state index contributed by atoms with van der Waals surface area (Å²) in [4.78, 5) is 0. The molecule has 0 saturated heterocycles. The van der Waals surface area contributed by atoms with Gasteiger partial charge in [-0.15, -0.1) is 0 Å². The van der Waals surface area contributed by atoms with Gasteiger partial charge in [0, 0.05) is 12.6 Å². The van der Waals surface area contributed by atoms with Gasteiger partial charge in [-0.25, -0.2) is 0 Å². The summed E-state index contributed by atoms with van der Waals surface area (Å²) in [5.41, 5.74) is 1.79. The molecule has 4 heteroatoms. The van der Waals surface area contributed by atoms with Crippen LogP contribution < -0.4 is 14.8 Å². The van der Waals surface area contributed by atoms with Gasteiger partial charge in [0.2, 0.25) is 0 Å². The van der Waals surface area contributed by atoms with Crippen LogP contribution in [0.3, 0.4) is 0 Å². The minimum Gasteiger partial charge on any atom is -0.492 e. The Kier molecular flexibility index (Phi) is 5.26. The summed E-state index contributed by atoms with van der Waals surface area (Å²) in [6, 6.07) is 4.85. The molecule has 0 aromatic heterocycles. The van der Waals surface area contributed by atoms with Crippen LogP contribution in [-0.2, 0) is 6.54 Å². The van der Waals surface area contributed by atoms with Crippen molar-refractivity contribution in [1.29, 1.82) is 0 Å². The van der Waals surface area contributed by atoms with Crippen molar-refractivity contribution in [3.8, 4) is 11.5 Å². The third-order valence-electron chi connectivity index (χ3n) is 7.19. The normalized spacial score (nSPS) is 33.3. The highest BCUT2D eigenvalue weighted by Gasteiger charge is 2.52. The van der Waals surface area contributed by atoms with Crippen molar-refractivity contribution in [1.82, 2.24) is 5.32 Å². The van der Waals surface area contributed by atoms with Gasteiger partial charge >= 0.3 is 0 Å². The van der Waals surface area contributed by atoms with Gasteiger partial charge in [-0.3, -0.25) is 0 Å². The van der Waals surface area contributed by atoms with Crippen LogP contribution in [0.25, 0.3) is 0 Å². The maximum atomic E-state index is 5.77. The maximum Gasteiger partial charge on any atom is 0.174 e. The second kappa shape index (κ2) is 7.35. The average molecular weight is 422 g/mol. The summed E-state index contributed by atoms with van der Waals surface area (Å²) in [7, 11) is 1.69. The number of hydrogen-bond donors (Lipinski definition) is 1. The standard InChI is InChI=1S/C22H32BrNO2/c1-4-26-20-9-18(8-19(23)21(20)25-3)13-24-14(2)22-10-15-5-16(11-22)7-17(6-15)12-22/h8-9,14-17,24H,4-7,10-13H2,1-3H3/t14-,15?,16?,17?,22?/m0/s1. The molecule has 0 amide bonds. The van der Waals surface area contributed by atoms with E-state index in [1.165, 1.54) is 44.1 Å². The lowest BCUT2D eigenvalue weighted by Gasteiger charge is -2.59. The Morgan fingerprint density at radius 3 is 2.31 bits per heavy atom. The van der Waals surface area contributed by atoms with E-state index >= 15 is 0 Å². The fourth-order valence-corrected chi connectivity index (χ4v) is 7.03. The zero-order valence-electron chi connectivity index (χ0n) is 16.3. The van der Waals surface area contributed by atoms with E-state index in [9.17, 15) is 0 Å². The van der Waals surface area contributed by atoms with Crippen LogP contribution in [0.5, 0.6) is 11.5 Å². The van der Waals surface area contributed by atoms with Gasteiger partial charge in [0.05, 0.1) is 18.2 Å². The van der Waals surface area contributed by atoms with Gasteiger partial charge in [0.1, 0.15) is 0 Å². The van der Waals surface area contributed by atoms with Gasteiger partial charge in [0.25, 0.3) is 0 Å². The SMILES string of the molecule is CCOc1cc(CN[C@@H](C)C23CC4CC(CC(C4)C2)C3)cc(Br)c1OC. The number of hydrogen-bond acceptors (Lipinski definition) is 3. The van der Waals surface area contributed by atoms with Crippen LogP contribution in [-0.4, -0.2) is 19.8 Å². The van der Waals surface area contributed by atoms with Crippen molar-refractivity contribution in [3.05, 3.63) is 22.2 Å². The number of halogens is 1. The summed E-state index contributed by atoms with van der Waals surface area (Å²) in [6.45, 7) is 5.96. The highest BCUT2D eigenvalue weighted by Crippen LogP contribution is 2.61. The van der Waals surface area contributed by atoms with Crippen LogP contribution in [0.15, 0.2) is 16.6 Å². The van der Waals surface area contributed by atoms with Gasteiger partial charge in [-0.05, 0) is 109 Å². The van der Waals surface area contributed by atoms with E-state index in [-0.39, 0.29) is 0 Å². The molecule has 4 fully saturated rings. The number of ether oxygens (including phenoxy) is 2. The quantitative estimate of drug-likeness (QED) is 0.625. The van der Waals surface area contributed by atoms with Crippen molar-refractivity contribution in [2.75, 3.05) is 13.7 Å². The first-order valence-corrected chi connectivity index (χ1v) is 11.0. The van der Waals surface area contributed by atoms with Crippen molar-refractivity contribution in [2.45, 2.75) is 65.0 Å². The molecular weight excluding hydrogens is 390 g/mol. The topological polar surface area (TPSA) is 30.5 Å². The predicted octanol–water partition coefficient (Wildman–Crippen LogP) is 5.55. The van der Waals surface area contributed by atoms with Crippen LogP contribution in [0.1, 0.15) is 57.9 Å². The van der Waals surface area contributed by atoms with E-state index in [4.69, 9.17) is 9.47 Å². The molecule has 3 nitrogen and oxygen atoms in total. The average Bonchev–Trinajstić information content (AvgIpc) is 2.58. The van der Waals surface area contributed by atoms with Crippen molar-refractivity contribution < 1.29 is 9.47 Å². The molecule has 0 heterocycles. The molecule has 144 valence electrons. The smallest absolute Gasteiger partial charge is 0.174 e. The minimum absolute atomic E-state index is 0.543. The Bertz CT molecular complexity index is 625. The van der Waals surface area contributed by atoms with E-state index < -0.39 is 0 Å². The molecule has 0 unspecified atom stereocenters. The molecule has 0 spiro atoms. The highest BCUT2D eigenvalue weighted by atomic mass is 79.9. The zero-order valence-corrected chi connectivity index (χ0v) is 17.9. The van der Waals surface area contributed by atoms with Crippen molar-refractivity contribution >= 4 is 15.9 Å². The Morgan fingerprint density at radius 1 is 1.15 bits per heavy atom. The molecule has 4 saturated carbocycles. The number of rotatable bonds is 7. The Morgan fingerprint density at radius 2 is 1.77 bits per heavy atom. The van der Waals surface area contributed by atoms with Gasteiger partial charge in [-0.2, -0.15) is 0 Å². The first kappa shape index (κ1) is 18.6. The van der Waals surface area contributed by atoms with Gasteiger partial charge < -0.3 is 14.8 Å². The van der Waals surface area contributed by atoms with Crippen LogP contribution >= 0.6 is 15.9 Å². The Balaban J connectivity index is 1.45. The summed E-state index contributed by atoms with van der Waals surface area (Å²) in [5.74, 6) is 4.62. The summed E-state index contributed by atoms with van der Waals surface area (Å²) < 4.78 is 12.2. The molecule has 1 atom stereocenters. The lowest BCUT2D eigenvalue weighted by Crippen LogP contribution is -2.54. The minimum atomic E-state index is 0.543. The van der Waals surface area contributed by atoms with Gasteiger partial charge in [0.15, 0.2) is 11.5 Å². The third kappa shape index (κ3) is 3.40. The van der Waals surface area contributed by atoms with E-state index in [2.05, 4.69) is 40.3 Å². The van der Waals surface area contributed by atoms with E-state index in [1.807, 2.05) is 6.92 Å². The van der Waals surface area contributed by atoms with E-state index in [0.29, 0.717) is 18.1 Å². The van der Waals surface area contributed by atoms with Crippen molar-refractivity contribution in [2.24, 2.45) is 23.2 Å². The predicted molar refractivity (Wildman–Crippen MR) is 109 cm³/mol. The molecule has 0 radical (unpaired) electrons. The van der Waals surface area contributed by atoms with Crippen molar-refractivity contribution in [3.63, 3.8) is 0 Å². The third-order valence-corrected chi connectivity index (χ3v) is 7.78. The Hall–Kier alpha value is -0.740. The first-order chi connectivity index (χ1) is 12.5. The molecule has 4 aliphatic carbocycles. The monoisotopic (exact) mass is 421 g/mol. The number of methoxy groups -OCH3 is 1. The van der Waals surface area contributed by atoms with E-state index in [1.54, 1.807) is 7.11 Å². The second-order valence-electron chi connectivity index (χ2n) is 8.92. The maximum absolute atomic E-state index is 5.77. The summed E-state index contributed by atoms with van der Waals surface area (Å²) in [6.07, 6.45) is 8.87. The summed E-state index contributed by atoms with van der Waals surface area (Å²) >= 11 is 3.63. The molecule has 26 heavy (non-hydrogen) atoms. The molecule has 4 aliphatic rings. The lowest BCUT2D eigenvalue weighted by atomic mass is 9.48. The van der Waals surface area contributed by atoms with Crippen LogP contribution in [0.4, 0.5) is 0 Å². The Labute approximate surface area is 166 Å². The second-order valence-corrected chi connectivity index (χ2v) is 9.78. The number of benzene rings is 1. The van der Waals surface area contributed by atoms with Crippen LogP contribution in [0.2, 0.25) is 0 Å². The molecule has 5 rings (SSSR count). The number of nitrogens with one attached hydrogen (secondary N) is 1. The largest absolute Gasteiger partial charge is 0.492 e. The molecule has 1 aromatic rings. The summed E-state index contributed by atoms with van der Waals surface area (Å²) in [5, 5.41) is 3.87. The highest BCUT2D eigenvalue weighted by molar-refractivity contribution is 9.10. The lowest BCUT2D eigenvalue weighted by molar-refractivity contribution is -0.0706. The molecular formula is C22H32BrNO2. The van der Waals surface area contributed by atoms with Gasteiger partial charge in [-0.1, -0.05) is 0 Å². The fraction of sp³-hybridized carbons (Fsp3) is 0.727. The zero-order chi connectivity index (χ0) is 18.3.